The fourth-order valence-electron chi connectivity index (χ4n) is 3.65. The molecule has 2 bridgehead atoms. The van der Waals surface area contributed by atoms with Crippen LogP contribution >= 0.6 is 0 Å². The van der Waals surface area contributed by atoms with Crippen molar-refractivity contribution in [3.63, 3.8) is 0 Å². The second-order valence-electron chi connectivity index (χ2n) is 5.64. The first-order valence-electron chi connectivity index (χ1n) is 6.61. The first-order chi connectivity index (χ1) is 8.24. The third-order valence-corrected chi connectivity index (χ3v) is 4.66. The van der Waals surface area contributed by atoms with E-state index in [4.69, 9.17) is 0 Å². The summed E-state index contributed by atoms with van der Waals surface area (Å²) in [6, 6.07) is 5.77. The third-order valence-electron chi connectivity index (χ3n) is 4.66. The van der Waals surface area contributed by atoms with Crippen LogP contribution in [0.2, 0.25) is 0 Å². The highest BCUT2D eigenvalue weighted by molar-refractivity contribution is 5.89. The highest BCUT2D eigenvalue weighted by Crippen LogP contribution is 2.41. The maximum Gasteiger partial charge on any atom is 0.0462 e. The van der Waals surface area contributed by atoms with Crippen LogP contribution in [0.4, 0.5) is 0 Å². The molecule has 1 fully saturated rings. The van der Waals surface area contributed by atoms with Crippen LogP contribution in [-0.2, 0) is 6.42 Å². The molecule has 2 heteroatoms. The maximum absolute atomic E-state index is 3.75. The molecular formula is C15H18N2. The van der Waals surface area contributed by atoms with Crippen molar-refractivity contribution < 1.29 is 0 Å². The first kappa shape index (κ1) is 9.72. The summed E-state index contributed by atoms with van der Waals surface area (Å²) in [7, 11) is 0. The molecule has 2 aromatic rings. The molecule has 1 saturated heterocycles. The number of aromatic amines is 1. The van der Waals surface area contributed by atoms with Crippen LogP contribution in [-0.4, -0.2) is 11.0 Å². The van der Waals surface area contributed by atoms with Crippen molar-refractivity contribution in [3.05, 3.63) is 34.5 Å². The van der Waals surface area contributed by atoms with Gasteiger partial charge in [-0.2, -0.15) is 0 Å². The second-order valence-corrected chi connectivity index (χ2v) is 5.64. The highest BCUT2D eigenvalue weighted by Gasteiger charge is 2.34. The lowest BCUT2D eigenvalue weighted by Crippen LogP contribution is -2.31. The number of rotatable bonds is 0. The molecule has 2 aliphatic rings. The van der Waals surface area contributed by atoms with Gasteiger partial charge in [0.15, 0.2) is 0 Å². The van der Waals surface area contributed by atoms with Gasteiger partial charge in [0.1, 0.15) is 0 Å². The van der Waals surface area contributed by atoms with Crippen molar-refractivity contribution in [1.29, 1.82) is 0 Å². The average Bonchev–Trinajstić information content (AvgIpc) is 2.87. The topological polar surface area (TPSA) is 27.8 Å². The van der Waals surface area contributed by atoms with Crippen LogP contribution < -0.4 is 5.32 Å². The predicted octanol–water partition coefficient (Wildman–Crippen LogP) is 3.13. The van der Waals surface area contributed by atoms with Crippen LogP contribution in [0.25, 0.3) is 10.9 Å². The minimum Gasteiger partial charge on any atom is -0.358 e. The van der Waals surface area contributed by atoms with Gasteiger partial charge in [0.2, 0.25) is 0 Å². The fraction of sp³-hybridized carbons (Fsp3) is 0.467. The van der Waals surface area contributed by atoms with Gasteiger partial charge in [-0.15, -0.1) is 0 Å². The Hall–Kier alpha value is -1.28. The minimum atomic E-state index is 0.595. The molecule has 2 atom stereocenters. The van der Waals surface area contributed by atoms with Crippen molar-refractivity contribution >= 4 is 10.9 Å². The molecule has 0 aliphatic carbocycles. The van der Waals surface area contributed by atoms with Gasteiger partial charge >= 0.3 is 0 Å². The quantitative estimate of drug-likeness (QED) is 0.709. The maximum atomic E-state index is 3.75. The highest BCUT2D eigenvalue weighted by atomic mass is 15.0. The van der Waals surface area contributed by atoms with Gasteiger partial charge in [-0.05, 0) is 49.4 Å². The molecule has 88 valence electrons. The van der Waals surface area contributed by atoms with Crippen molar-refractivity contribution in [3.8, 4) is 0 Å². The molecule has 1 aromatic heterocycles. The third kappa shape index (κ3) is 1.19. The minimum absolute atomic E-state index is 0.595. The van der Waals surface area contributed by atoms with Gasteiger partial charge in [-0.25, -0.2) is 0 Å². The number of aryl methyl sites for hydroxylation is 2. The molecule has 17 heavy (non-hydrogen) atoms. The smallest absolute Gasteiger partial charge is 0.0462 e. The van der Waals surface area contributed by atoms with E-state index < -0.39 is 0 Å². The molecule has 2 nitrogen and oxygen atoms in total. The number of benzene rings is 1. The number of H-pyrrole nitrogens is 1. The van der Waals surface area contributed by atoms with Crippen LogP contribution in [0.5, 0.6) is 0 Å². The Balaban J connectivity index is 2.08. The molecule has 4 rings (SSSR count). The monoisotopic (exact) mass is 226 g/mol. The van der Waals surface area contributed by atoms with E-state index in [0.717, 1.165) is 0 Å². The summed E-state index contributed by atoms with van der Waals surface area (Å²) >= 11 is 0. The SMILES string of the molecule is Cc1ccc2[nH]c3c(c2c1C)C1CCC(C3)N1. The van der Waals surface area contributed by atoms with E-state index in [9.17, 15) is 0 Å². The van der Waals surface area contributed by atoms with Crippen molar-refractivity contribution in [2.45, 2.75) is 45.2 Å². The van der Waals surface area contributed by atoms with Crippen LogP contribution in [0, 0.1) is 13.8 Å². The van der Waals surface area contributed by atoms with Gasteiger partial charge < -0.3 is 10.3 Å². The van der Waals surface area contributed by atoms with E-state index in [1.165, 1.54) is 47.0 Å². The van der Waals surface area contributed by atoms with Gasteiger partial charge in [0.05, 0.1) is 0 Å². The van der Waals surface area contributed by atoms with Crippen molar-refractivity contribution in [2.75, 3.05) is 0 Å². The molecule has 3 heterocycles. The number of fused-ring (bicyclic) bond motifs is 6. The van der Waals surface area contributed by atoms with Crippen molar-refractivity contribution in [1.82, 2.24) is 10.3 Å². The van der Waals surface area contributed by atoms with E-state index in [1.807, 2.05) is 0 Å². The zero-order valence-electron chi connectivity index (χ0n) is 10.4. The van der Waals surface area contributed by atoms with Crippen LogP contribution in [0.3, 0.4) is 0 Å². The first-order valence-corrected chi connectivity index (χ1v) is 6.61. The van der Waals surface area contributed by atoms with E-state index in [-0.39, 0.29) is 0 Å². The summed E-state index contributed by atoms with van der Waals surface area (Å²) in [5.41, 5.74) is 7.23. The number of aromatic nitrogens is 1. The van der Waals surface area contributed by atoms with E-state index in [2.05, 4.69) is 36.3 Å². The standard InChI is InChI=1S/C15H18N2/c1-8-3-5-11-14(9(8)2)15-12-6-4-10(16-12)7-13(15)17-11/h3,5,10,12,16-17H,4,6-7H2,1-2H3. The van der Waals surface area contributed by atoms with Crippen LogP contribution in [0.15, 0.2) is 12.1 Å². The Bertz CT molecular complexity index is 609. The lowest BCUT2D eigenvalue weighted by atomic mass is 9.95. The molecule has 1 aromatic carbocycles. The second kappa shape index (κ2) is 3.14. The molecular weight excluding hydrogens is 208 g/mol. The van der Waals surface area contributed by atoms with Crippen molar-refractivity contribution in [2.24, 2.45) is 0 Å². The zero-order valence-corrected chi connectivity index (χ0v) is 10.4. The van der Waals surface area contributed by atoms with Gasteiger partial charge in [0.25, 0.3) is 0 Å². The summed E-state index contributed by atoms with van der Waals surface area (Å²) in [4.78, 5) is 3.64. The fourth-order valence-corrected chi connectivity index (χ4v) is 3.65. The largest absolute Gasteiger partial charge is 0.358 e. The molecule has 2 N–H and O–H groups in total. The summed E-state index contributed by atoms with van der Waals surface area (Å²) < 4.78 is 0. The molecule has 0 amide bonds. The number of nitrogens with one attached hydrogen (secondary N) is 2. The number of hydrogen-bond acceptors (Lipinski definition) is 1. The van der Waals surface area contributed by atoms with Gasteiger partial charge in [-0.3, -0.25) is 0 Å². The van der Waals surface area contributed by atoms with Gasteiger partial charge in [0, 0.05) is 35.1 Å². The summed E-state index contributed by atoms with van der Waals surface area (Å²) in [5.74, 6) is 0. The molecule has 2 aliphatic heterocycles. The summed E-state index contributed by atoms with van der Waals surface area (Å²) in [5, 5.41) is 5.24. The summed E-state index contributed by atoms with van der Waals surface area (Å²) in [6.45, 7) is 4.47. The van der Waals surface area contributed by atoms with Gasteiger partial charge in [-0.1, -0.05) is 6.07 Å². The Kier molecular flexibility index (Phi) is 1.79. The number of hydrogen-bond donors (Lipinski definition) is 2. The van der Waals surface area contributed by atoms with Crippen LogP contribution in [0.1, 0.15) is 41.3 Å². The molecule has 0 radical (unpaired) electrons. The predicted molar refractivity (Wildman–Crippen MR) is 70.4 cm³/mol. The Labute approximate surface area is 101 Å². The molecule has 0 saturated carbocycles. The molecule has 2 unspecified atom stereocenters. The average molecular weight is 226 g/mol. The Morgan fingerprint density at radius 3 is 2.94 bits per heavy atom. The molecule has 0 spiro atoms. The Morgan fingerprint density at radius 2 is 2.06 bits per heavy atom. The lowest BCUT2D eigenvalue weighted by Gasteiger charge is -2.22. The lowest BCUT2D eigenvalue weighted by molar-refractivity contribution is 0.513. The summed E-state index contributed by atoms with van der Waals surface area (Å²) in [6.07, 6.45) is 3.82. The Morgan fingerprint density at radius 1 is 1.18 bits per heavy atom. The van der Waals surface area contributed by atoms with E-state index in [1.54, 1.807) is 5.56 Å². The van der Waals surface area contributed by atoms with E-state index in [0.29, 0.717) is 12.1 Å². The normalized spacial score (nSPS) is 26.5. The zero-order chi connectivity index (χ0) is 11.6. The van der Waals surface area contributed by atoms with E-state index >= 15 is 0 Å².